The Hall–Kier alpha value is -0.370. The fraction of sp³-hybridized carbons (Fsp3) is 0.696. The number of nitrogens with zero attached hydrogens (tertiary/aromatic N) is 2. The Morgan fingerprint density at radius 2 is 1.62 bits per heavy atom. The van der Waals surface area contributed by atoms with Gasteiger partial charge in [0.05, 0.1) is 15.8 Å². The summed E-state index contributed by atoms with van der Waals surface area (Å²) >= 11 is 12.1. The first-order valence-electron chi connectivity index (χ1n) is 11.5. The maximum atomic E-state index is 12.9. The van der Waals surface area contributed by atoms with Crippen molar-refractivity contribution in [3.8, 4) is 0 Å². The standard InChI is InChI=1S/C23H34Cl2N2O3S.ClH/c1-2-17-31(29,30)27-15-13-26(14-16-27)23(10-5-3-4-6-11-23)12-9-22(28)19-7-8-20(24)21(25)18-19;/h7-8,18H,2-6,9-17H2,1H3;1H. The second-order valence-electron chi connectivity index (χ2n) is 8.89. The predicted molar refractivity (Wildman–Crippen MR) is 135 cm³/mol. The molecule has 0 spiro atoms. The number of ketones is 1. The van der Waals surface area contributed by atoms with Gasteiger partial charge in [-0.3, -0.25) is 9.69 Å². The lowest BCUT2D eigenvalue weighted by Crippen LogP contribution is -2.58. The summed E-state index contributed by atoms with van der Waals surface area (Å²) in [7, 11) is -3.15. The fourth-order valence-corrected chi connectivity index (χ4v) is 6.89. The second-order valence-corrected chi connectivity index (χ2v) is 11.8. The number of benzene rings is 1. The van der Waals surface area contributed by atoms with E-state index in [2.05, 4.69) is 4.90 Å². The van der Waals surface area contributed by atoms with Gasteiger partial charge in [-0.2, -0.15) is 4.31 Å². The average molecular weight is 526 g/mol. The highest BCUT2D eigenvalue weighted by Gasteiger charge is 2.40. The number of hydrogen-bond acceptors (Lipinski definition) is 4. The van der Waals surface area contributed by atoms with Gasteiger partial charge < -0.3 is 0 Å². The summed E-state index contributed by atoms with van der Waals surface area (Å²) in [4.78, 5) is 15.4. The SMILES string of the molecule is CCCS(=O)(=O)N1CCN(C2(CCC(=O)c3ccc(Cl)c(Cl)c3)CCCCCC2)CC1.Cl. The molecule has 0 atom stereocenters. The van der Waals surface area contributed by atoms with Gasteiger partial charge in [-0.1, -0.05) is 55.8 Å². The molecule has 0 N–H and O–H groups in total. The van der Waals surface area contributed by atoms with Gasteiger partial charge in [-0.05, 0) is 43.9 Å². The van der Waals surface area contributed by atoms with Crippen LogP contribution in [0.4, 0.5) is 0 Å². The summed E-state index contributed by atoms with van der Waals surface area (Å²) in [6.07, 6.45) is 8.83. The van der Waals surface area contributed by atoms with Crippen molar-refractivity contribution in [1.29, 1.82) is 0 Å². The molecule has 2 aliphatic rings. The molecule has 3 rings (SSSR count). The summed E-state index contributed by atoms with van der Waals surface area (Å²) in [5, 5.41) is 0.857. The average Bonchev–Trinajstić information content (AvgIpc) is 3.01. The van der Waals surface area contributed by atoms with Crippen LogP contribution in [0.25, 0.3) is 0 Å². The van der Waals surface area contributed by atoms with E-state index in [4.69, 9.17) is 23.2 Å². The highest BCUT2D eigenvalue weighted by molar-refractivity contribution is 7.89. The van der Waals surface area contributed by atoms with Gasteiger partial charge >= 0.3 is 0 Å². The van der Waals surface area contributed by atoms with E-state index in [0.717, 1.165) is 45.2 Å². The highest BCUT2D eigenvalue weighted by atomic mass is 35.5. The molecule has 1 aliphatic carbocycles. The zero-order valence-corrected chi connectivity index (χ0v) is 22.0. The molecular formula is C23H35Cl3N2O3S. The topological polar surface area (TPSA) is 57.7 Å². The van der Waals surface area contributed by atoms with Crippen molar-refractivity contribution in [1.82, 2.24) is 9.21 Å². The molecule has 0 unspecified atom stereocenters. The van der Waals surface area contributed by atoms with Crippen LogP contribution in [0.15, 0.2) is 18.2 Å². The van der Waals surface area contributed by atoms with E-state index in [9.17, 15) is 13.2 Å². The Bertz CT molecular complexity index is 863. The van der Waals surface area contributed by atoms with Crippen LogP contribution in [0.3, 0.4) is 0 Å². The molecule has 0 bridgehead atoms. The minimum absolute atomic E-state index is 0. The molecule has 1 aromatic rings. The zero-order valence-electron chi connectivity index (χ0n) is 18.8. The molecule has 1 heterocycles. The van der Waals surface area contributed by atoms with Crippen LogP contribution in [0.5, 0.6) is 0 Å². The fourth-order valence-electron chi connectivity index (χ4n) is 5.10. The Balaban J connectivity index is 0.00000363. The van der Waals surface area contributed by atoms with Crippen LogP contribution in [0, 0.1) is 0 Å². The van der Waals surface area contributed by atoms with E-state index >= 15 is 0 Å². The lowest BCUT2D eigenvalue weighted by molar-refractivity contribution is 0.0320. The van der Waals surface area contributed by atoms with Crippen molar-refractivity contribution in [3.63, 3.8) is 0 Å². The van der Waals surface area contributed by atoms with Crippen LogP contribution >= 0.6 is 35.6 Å². The minimum atomic E-state index is -3.15. The number of halogens is 3. The summed E-state index contributed by atoms with van der Waals surface area (Å²) in [6.45, 7) is 4.47. The van der Waals surface area contributed by atoms with Gasteiger partial charge in [0.1, 0.15) is 0 Å². The maximum absolute atomic E-state index is 12.9. The third-order valence-corrected chi connectivity index (χ3v) is 9.67. The number of piperazine rings is 1. The molecule has 182 valence electrons. The highest BCUT2D eigenvalue weighted by Crippen LogP contribution is 2.38. The van der Waals surface area contributed by atoms with Crippen molar-refractivity contribution in [2.45, 2.75) is 70.3 Å². The number of sulfonamides is 1. The van der Waals surface area contributed by atoms with E-state index in [1.165, 1.54) is 12.8 Å². The van der Waals surface area contributed by atoms with Gasteiger partial charge in [-0.25, -0.2) is 8.42 Å². The first-order chi connectivity index (χ1) is 14.8. The van der Waals surface area contributed by atoms with E-state index in [1.807, 2.05) is 6.92 Å². The Morgan fingerprint density at radius 1 is 1.00 bits per heavy atom. The molecule has 0 amide bonds. The molecule has 1 aliphatic heterocycles. The largest absolute Gasteiger partial charge is 0.295 e. The predicted octanol–water partition coefficient (Wildman–Crippen LogP) is 5.83. The monoisotopic (exact) mass is 524 g/mol. The number of Topliss-reactive ketones (excluding diaryl/α,β-unsaturated/α-hetero) is 1. The molecule has 1 aromatic carbocycles. The molecular weight excluding hydrogens is 491 g/mol. The van der Waals surface area contributed by atoms with Gasteiger partial charge in [0.25, 0.3) is 0 Å². The molecule has 0 aromatic heterocycles. The molecule has 0 radical (unpaired) electrons. The zero-order chi connectivity index (χ0) is 22.5. The Morgan fingerprint density at radius 3 is 2.19 bits per heavy atom. The van der Waals surface area contributed by atoms with Crippen LogP contribution in [0.2, 0.25) is 10.0 Å². The third-order valence-electron chi connectivity index (χ3n) is 6.86. The van der Waals surface area contributed by atoms with E-state index in [0.29, 0.717) is 41.5 Å². The number of hydrogen-bond donors (Lipinski definition) is 0. The first kappa shape index (κ1) is 27.9. The van der Waals surface area contributed by atoms with E-state index < -0.39 is 10.0 Å². The van der Waals surface area contributed by atoms with Crippen molar-refractivity contribution < 1.29 is 13.2 Å². The molecule has 5 nitrogen and oxygen atoms in total. The molecule has 1 saturated heterocycles. The smallest absolute Gasteiger partial charge is 0.214 e. The minimum Gasteiger partial charge on any atom is -0.295 e. The van der Waals surface area contributed by atoms with Gasteiger partial charge in [0.2, 0.25) is 10.0 Å². The van der Waals surface area contributed by atoms with Crippen LogP contribution in [0.1, 0.15) is 75.1 Å². The van der Waals surface area contributed by atoms with Crippen molar-refractivity contribution in [2.75, 3.05) is 31.9 Å². The summed E-state index contributed by atoms with van der Waals surface area (Å²) in [5.74, 6) is 0.308. The van der Waals surface area contributed by atoms with Gasteiger partial charge in [-0.15, -0.1) is 12.4 Å². The van der Waals surface area contributed by atoms with Crippen LogP contribution in [-0.4, -0.2) is 60.9 Å². The Labute approximate surface area is 209 Å². The first-order valence-corrected chi connectivity index (χ1v) is 13.8. The van der Waals surface area contributed by atoms with E-state index in [1.54, 1.807) is 22.5 Å². The summed E-state index contributed by atoms with van der Waals surface area (Å²) in [6, 6.07) is 5.07. The molecule has 32 heavy (non-hydrogen) atoms. The van der Waals surface area contributed by atoms with Crippen molar-refractivity contribution in [2.24, 2.45) is 0 Å². The maximum Gasteiger partial charge on any atom is 0.214 e. The summed E-state index contributed by atoms with van der Waals surface area (Å²) in [5.41, 5.74) is 0.580. The van der Waals surface area contributed by atoms with Crippen molar-refractivity contribution >= 4 is 51.4 Å². The second kappa shape index (κ2) is 12.4. The summed E-state index contributed by atoms with van der Waals surface area (Å²) < 4.78 is 26.6. The van der Waals surface area contributed by atoms with Gasteiger partial charge in [0.15, 0.2) is 5.78 Å². The van der Waals surface area contributed by atoms with E-state index in [-0.39, 0.29) is 29.5 Å². The number of rotatable bonds is 8. The number of carbonyl (C=O) groups is 1. The quantitative estimate of drug-likeness (QED) is 0.316. The Kier molecular flexibility index (Phi) is 10.8. The van der Waals surface area contributed by atoms with Crippen molar-refractivity contribution in [3.05, 3.63) is 33.8 Å². The normalized spacial score (nSPS) is 20.3. The van der Waals surface area contributed by atoms with Crippen LogP contribution in [-0.2, 0) is 10.0 Å². The molecule has 2 fully saturated rings. The molecule has 1 saturated carbocycles. The van der Waals surface area contributed by atoms with Crippen LogP contribution < -0.4 is 0 Å². The lowest BCUT2D eigenvalue weighted by Gasteiger charge is -2.48. The number of carbonyl (C=O) groups excluding carboxylic acids is 1. The van der Waals surface area contributed by atoms with Gasteiger partial charge in [0, 0.05) is 43.7 Å². The molecule has 9 heteroatoms. The third kappa shape index (κ3) is 6.83. The lowest BCUT2D eigenvalue weighted by atomic mass is 9.82.